The number of unbranched alkanes of at least 4 members (excludes halogenated alkanes) is 1. The molecule has 5 aliphatic rings. The Bertz CT molecular complexity index is 1790. The van der Waals surface area contributed by atoms with Crippen LogP contribution in [0.3, 0.4) is 0 Å². The summed E-state index contributed by atoms with van der Waals surface area (Å²) < 4.78 is 0. The molecule has 2 unspecified atom stereocenters. The summed E-state index contributed by atoms with van der Waals surface area (Å²) in [4.78, 5) is 34.8. The van der Waals surface area contributed by atoms with E-state index in [0.717, 1.165) is 128 Å². The Labute approximate surface area is 411 Å². The van der Waals surface area contributed by atoms with E-state index in [4.69, 9.17) is 15.5 Å². The van der Waals surface area contributed by atoms with Crippen molar-refractivity contribution in [2.24, 2.45) is 11.8 Å². The fourth-order valence-electron chi connectivity index (χ4n) is 9.57. The maximum atomic E-state index is 12.4. The molecule has 4 aliphatic carbocycles. The third kappa shape index (κ3) is 29.0. The average molecular weight is 934 g/mol. The van der Waals surface area contributed by atoms with Gasteiger partial charge in [-0.2, -0.15) is 5.26 Å². The molecule has 374 valence electrons. The van der Waals surface area contributed by atoms with Gasteiger partial charge in [-0.25, -0.2) is 0 Å². The van der Waals surface area contributed by atoms with E-state index in [1.165, 1.54) is 6.42 Å². The lowest BCUT2D eigenvalue weighted by Crippen LogP contribution is -2.65. The number of hydrogen-bond acceptors (Lipinski definition) is 6. The van der Waals surface area contributed by atoms with Crippen LogP contribution in [0.2, 0.25) is 0 Å². The van der Waals surface area contributed by atoms with Gasteiger partial charge in [0.2, 0.25) is 5.91 Å². The molecule has 0 radical (unpaired) electrons. The summed E-state index contributed by atoms with van der Waals surface area (Å²) in [5, 5.41) is 40.4. The third-order valence-corrected chi connectivity index (χ3v) is 12.4. The fraction of sp³-hybridized carbons (Fsp3) is 0.559. The van der Waals surface area contributed by atoms with Gasteiger partial charge in [-0.1, -0.05) is 148 Å². The maximum Gasteiger partial charge on any atom is 0.303 e. The summed E-state index contributed by atoms with van der Waals surface area (Å²) >= 11 is 0. The smallest absolute Gasteiger partial charge is 0.303 e. The molecule has 0 spiro atoms. The zero-order chi connectivity index (χ0) is 49.4. The Morgan fingerprint density at radius 3 is 1.37 bits per heavy atom. The number of allylic oxidation sites excluding steroid dienone is 22. The van der Waals surface area contributed by atoms with Crippen LogP contribution in [-0.2, 0) is 14.4 Å². The summed E-state index contributed by atoms with van der Waals surface area (Å²) in [6.07, 6.45) is 68.8. The van der Waals surface area contributed by atoms with Crippen LogP contribution in [0.1, 0.15) is 168 Å². The van der Waals surface area contributed by atoms with E-state index >= 15 is 0 Å². The summed E-state index contributed by atoms with van der Waals surface area (Å²) in [5.74, 6) is -0.173. The second-order valence-electron chi connectivity index (χ2n) is 18.5. The van der Waals surface area contributed by atoms with Crippen LogP contribution in [0.25, 0.3) is 0 Å². The van der Waals surface area contributed by atoms with Gasteiger partial charge in [-0.15, -0.1) is 0 Å². The number of nitriles is 1. The Hall–Kier alpha value is -5.04. The van der Waals surface area contributed by atoms with Crippen LogP contribution in [0.4, 0.5) is 0 Å². The maximum absolute atomic E-state index is 12.4. The van der Waals surface area contributed by atoms with Crippen LogP contribution in [0.15, 0.2) is 134 Å². The normalized spacial score (nSPS) is 23.6. The molecule has 4 bridgehead atoms. The number of rotatable bonds is 30. The Morgan fingerprint density at radius 1 is 0.588 bits per heavy atom. The van der Waals surface area contributed by atoms with Crippen molar-refractivity contribution >= 4 is 17.8 Å². The molecule has 0 aromatic rings. The first-order valence-corrected chi connectivity index (χ1v) is 25.8. The van der Waals surface area contributed by atoms with Crippen molar-refractivity contribution < 1.29 is 29.7 Å². The molecule has 5 atom stereocenters. The molecule has 68 heavy (non-hydrogen) atoms. The highest BCUT2D eigenvalue weighted by Crippen LogP contribution is 2.57. The van der Waals surface area contributed by atoms with Crippen molar-refractivity contribution in [3.05, 3.63) is 134 Å². The summed E-state index contributed by atoms with van der Waals surface area (Å²) in [6, 6.07) is 1.99. The van der Waals surface area contributed by atoms with Crippen LogP contribution >= 0.6 is 0 Å². The molecule has 0 aromatic carbocycles. The van der Waals surface area contributed by atoms with Crippen molar-refractivity contribution in [1.29, 1.82) is 5.26 Å². The highest BCUT2D eigenvalue weighted by Gasteiger charge is 2.57. The number of aliphatic hydroxyl groups is 1. The number of aliphatic carboxylic acids is 2. The number of likely N-dealkylation sites (tertiary alicyclic amines) is 1. The van der Waals surface area contributed by atoms with Crippen molar-refractivity contribution in [3.63, 3.8) is 0 Å². The molecule has 5 fully saturated rings. The Balaban J connectivity index is 0.000000350. The summed E-state index contributed by atoms with van der Waals surface area (Å²) in [5.41, 5.74) is -0.542. The van der Waals surface area contributed by atoms with E-state index in [9.17, 15) is 19.5 Å². The number of carbonyl (C=O) groups is 3. The highest BCUT2D eigenvalue weighted by atomic mass is 16.4. The molecule has 9 heteroatoms. The molecule has 1 heterocycles. The largest absolute Gasteiger partial charge is 0.481 e. The first kappa shape index (κ1) is 59.1. The molecular weight excluding hydrogens is 847 g/mol. The Kier molecular flexibility index (Phi) is 32.9. The van der Waals surface area contributed by atoms with Gasteiger partial charge in [-0.3, -0.25) is 14.4 Å². The van der Waals surface area contributed by atoms with Crippen molar-refractivity contribution in [2.45, 2.75) is 185 Å². The predicted octanol–water partition coefficient (Wildman–Crippen LogP) is 13.7. The van der Waals surface area contributed by atoms with Gasteiger partial charge in [0.1, 0.15) is 6.04 Å². The molecule has 9 nitrogen and oxygen atoms in total. The number of amides is 1. The number of carbonyl (C=O) groups excluding carboxylic acids is 1. The van der Waals surface area contributed by atoms with Gasteiger partial charge in [0, 0.05) is 24.9 Å². The van der Waals surface area contributed by atoms with Crippen LogP contribution in [-0.4, -0.2) is 68.3 Å². The molecule has 5 rings (SSSR count). The van der Waals surface area contributed by atoms with Crippen LogP contribution in [0.5, 0.6) is 0 Å². The fourth-order valence-corrected chi connectivity index (χ4v) is 9.57. The van der Waals surface area contributed by atoms with Gasteiger partial charge < -0.3 is 25.5 Å². The van der Waals surface area contributed by atoms with Gasteiger partial charge in [0.25, 0.3) is 0 Å². The number of carboxylic acid groups (broad SMARTS) is 2. The monoisotopic (exact) mass is 934 g/mol. The van der Waals surface area contributed by atoms with Crippen molar-refractivity contribution in [2.75, 3.05) is 13.1 Å². The summed E-state index contributed by atoms with van der Waals surface area (Å²) in [6.45, 7) is 5.31. The first-order valence-electron chi connectivity index (χ1n) is 25.8. The average Bonchev–Trinajstić information content (AvgIpc) is 3.79. The van der Waals surface area contributed by atoms with Gasteiger partial charge in [0.15, 0.2) is 0 Å². The molecular formula is C59H87N3O6. The minimum Gasteiger partial charge on any atom is -0.481 e. The lowest BCUT2D eigenvalue weighted by molar-refractivity contribution is -0.147. The van der Waals surface area contributed by atoms with E-state index in [-0.39, 0.29) is 30.3 Å². The van der Waals surface area contributed by atoms with E-state index in [1.807, 2.05) is 12.2 Å². The third-order valence-electron chi connectivity index (χ3n) is 12.4. The number of hydrogen-bond donors (Lipinski definition) is 4. The minimum absolute atomic E-state index is 0.0453. The molecule has 1 saturated heterocycles. The highest BCUT2D eigenvalue weighted by molar-refractivity contribution is 5.79. The van der Waals surface area contributed by atoms with Gasteiger partial charge in [0.05, 0.1) is 18.2 Å². The van der Waals surface area contributed by atoms with Crippen molar-refractivity contribution in [1.82, 2.24) is 10.2 Å². The molecule has 4 N–H and O–H groups in total. The molecule has 1 aliphatic heterocycles. The lowest BCUT2D eigenvalue weighted by atomic mass is 9.51. The second kappa shape index (κ2) is 37.9. The minimum atomic E-state index is -0.741. The predicted molar refractivity (Wildman–Crippen MR) is 282 cm³/mol. The zero-order valence-corrected chi connectivity index (χ0v) is 41.8. The topological polar surface area (TPSA) is 151 Å². The van der Waals surface area contributed by atoms with E-state index in [1.54, 1.807) is 4.90 Å². The molecule has 1 amide bonds. The van der Waals surface area contributed by atoms with Gasteiger partial charge >= 0.3 is 11.9 Å². The number of nitrogens with zero attached hydrogens (tertiary/aromatic N) is 2. The van der Waals surface area contributed by atoms with E-state index in [0.29, 0.717) is 31.3 Å². The number of nitrogens with one attached hydrogen (secondary N) is 1. The quantitative estimate of drug-likeness (QED) is 0.0411. The second-order valence-corrected chi connectivity index (χ2v) is 18.5. The molecule has 0 aromatic heterocycles. The SMILES string of the molecule is CC/C=C\C/C=C\C/C=C\C/C=C\C/C=C\C/C=C\CCC(=O)O.CC/C=C\C/C=C\C/C=C\C/C=C\C/C=C\CCCC(=O)O.N#C[C@@H]1CCCN1C(=O)CNC12C[C@@H]3C[C@@H](CC(O)(C3)C1)C2. The standard InChI is InChI=1S/C22H32O2.C20H30O2.C17H25N3O2/c1-2-3-4-5-6-7-8-9-10-11-12-13-14-15-16-17-18-19-20-21-22(23)24;1-2-3-4-5-6-7-8-9-10-11-12-13-14-15-16-17-18-19-20(21)22;18-9-14-2-1-3-20(14)15(21)10-19-16-5-12-4-13(6-16)8-17(22,7-12)11-16/h3-4,6-7,9-10,12-13,15-16,18-19H,2,5,8,11,14,17,20-21H2,1H3,(H,23,24);3-4,6-7,9-10,12-13,15-16H,2,5,8,11,14,17-19H2,1H3,(H,21,22);12-14,19,22H,1-8,10-11H2/b4-3-,7-6-,10-9-,13-12-,16-15-,19-18-;4-3-,7-6-,10-9-,13-12-,16-15-;/t;;12-,13+,14-,16?,17?/m..0/s1. The number of carboxylic acids is 2. The van der Waals surface area contributed by atoms with Crippen molar-refractivity contribution in [3.8, 4) is 6.07 Å². The van der Waals surface area contributed by atoms with E-state index < -0.39 is 17.5 Å². The summed E-state index contributed by atoms with van der Waals surface area (Å²) in [7, 11) is 0. The zero-order valence-electron chi connectivity index (χ0n) is 41.8. The van der Waals surface area contributed by atoms with Gasteiger partial charge in [-0.05, 0) is 153 Å². The lowest BCUT2D eigenvalue weighted by Gasteiger charge is -2.60. The van der Waals surface area contributed by atoms with E-state index in [2.05, 4.69) is 147 Å². The van der Waals surface area contributed by atoms with Crippen LogP contribution in [0, 0.1) is 23.2 Å². The molecule has 4 saturated carbocycles. The van der Waals surface area contributed by atoms with Crippen LogP contribution < -0.4 is 5.32 Å². The Morgan fingerprint density at radius 2 is 0.985 bits per heavy atom. The first-order chi connectivity index (χ1) is 33.0.